The average Bonchev–Trinajstić information content (AvgIpc) is 2.60. The number of rotatable bonds is 0. The fourth-order valence-electron chi connectivity index (χ4n) is 2.46. The Morgan fingerprint density at radius 1 is 0.786 bits per heavy atom. The highest BCUT2D eigenvalue weighted by molar-refractivity contribution is 5.91. The van der Waals surface area contributed by atoms with Gasteiger partial charge in [-0.3, -0.25) is 0 Å². The molecule has 0 saturated heterocycles. The van der Waals surface area contributed by atoms with Crippen LogP contribution in [0.2, 0.25) is 0 Å². The van der Waals surface area contributed by atoms with E-state index in [4.69, 9.17) is 18.9 Å². The van der Waals surface area contributed by atoms with E-state index in [1.807, 2.05) is 41.5 Å². The van der Waals surface area contributed by atoms with Crippen LogP contribution in [0.25, 0.3) is 0 Å². The van der Waals surface area contributed by atoms with E-state index in [1.54, 1.807) is 6.07 Å². The van der Waals surface area contributed by atoms with Crippen LogP contribution in [0.5, 0.6) is 0 Å². The predicted octanol–water partition coefficient (Wildman–Crippen LogP) is 3.27. The van der Waals surface area contributed by atoms with Crippen LogP contribution in [0, 0.1) is 10.8 Å². The van der Waals surface area contributed by atoms with Crippen molar-refractivity contribution in [2.45, 2.75) is 53.8 Å². The molecule has 2 rings (SSSR count). The first kappa shape index (κ1) is 22.3. The van der Waals surface area contributed by atoms with Crippen molar-refractivity contribution < 1.29 is 28.5 Å². The van der Waals surface area contributed by atoms with Crippen molar-refractivity contribution in [2.24, 2.45) is 10.8 Å². The zero-order valence-electron chi connectivity index (χ0n) is 17.6. The first-order valence-electron chi connectivity index (χ1n) is 9.53. The van der Waals surface area contributed by atoms with Crippen molar-refractivity contribution in [1.82, 2.24) is 4.98 Å². The van der Waals surface area contributed by atoms with Crippen LogP contribution in [0.4, 0.5) is 0 Å². The maximum Gasteiger partial charge on any atom is 0.357 e. The van der Waals surface area contributed by atoms with Gasteiger partial charge in [-0.05, 0) is 12.1 Å². The molecule has 7 nitrogen and oxygen atoms in total. The van der Waals surface area contributed by atoms with E-state index < -0.39 is 24.1 Å². The monoisotopic (exact) mass is 393 g/mol. The topological polar surface area (TPSA) is 84.0 Å². The number of esters is 2. The van der Waals surface area contributed by atoms with Crippen molar-refractivity contribution in [3.8, 4) is 0 Å². The quantitative estimate of drug-likeness (QED) is 0.626. The predicted molar refractivity (Wildman–Crippen MR) is 103 cm³/mol. The summed E-state index contributed by atoms with van der Waals surface area (Å²) in [5.74, 6) is -1.20. The Morgan fingerprint density at radius 2 is 1.18 bits per heavy atom. The minimum Gasteiger partial charge on any atom is -0.455 e. The highest BCUT2D eigenvalue weighted by atomic mass is 16.6. The number of hydrogen-bond donors (Lipinski definition) is 0. The second-order valence-corrected chi connectivity index (χ2v) is 9.08. The van der Waals surface area contributed by atoms with Crippen LogP contribution < -0.4 is 0 Å². The van der Waals surface area contributed by atoms with Crippen molar-refractivity contribution in [3.63, 3.8) is 0 Å². The second-order valence-electron chi connectivity index (χ2n) is 9.08. The molecule has 1 aromatic heterocycles. The largest absolute Gasteiger partial charge is 0.455 e. The molecule has 156 valence electrons. The van der Waals surface area contributed by atoms with Gasteiger partial charge in [0.05, 0.1) is 26.4 Å². The summed E-state index contributed by atoms with van der Waals surface area (Å²) in [6.45, 7) is 13.0. The first-order valence-corrected chi connectivity index (χ1v) is 9.53. The number of carbonyl (C=O) groups excluding carboxylic acids is 2. The highest BCUT2D eigenvalue weighted by Gasteiger charge is 2.32. The van der Waals surface area contributed by atoms with Gasteiger partial charge in [0.25, 0.3) is 0 Å². The smallest absolute Gasteiger partial charge is 0.357 e. The van der Waals surface area contributed by atoms with Crippen LogP contribution in [0.15, 0.2) is 18.2 Å². The SMILES string of the molecule is CC(C)(C)C1COCCOC[C@H](C(C)(C)C)OC(=O)c2cccc(n2)C(=O)O1. The molecule has 2 heterocycles. The van der Waals surface area contributed by atoms with Gasteiger partial charge >= 0.3 is 11.9 Å². The number of pyridine rings is 1. The van der Waals surface area contributed by atoms with Gasteiger partial charge in [0, 0.05) is 10.8 Å². The number of aromatic nitrogens is 1. The Labute approximate surface area is 166 Å². The molecule has 1 aromatic rings. The number of carbonyl (C=O) groups is 2. The van der Waals surface area contributed by atoms with Gasteiger partial charge in [-0.15, -0.1) is 0 Å². The van der Waals surface area contributed by atoms with E-state index in [-0.39, 0.29) is 35.4 Å². The molecule has 0 spiro atoms. The van der Waals surface area contributed by atoms with Crippen molar-refractivity contribution in [2.75, 3.05) is 26.4 Å². The normalized spacial score (nSPS) is 23.2. The van der Waals surface area contributed by atoms with E-state index in [2.05, 4.69) is 4.98 Å². The summed E-state index contributed by atoms with van der Waals surface area (Å²) in [7, 11) is 0. The Kier molecular flexibility index (Phi) is 7.17. The Hall–Kier alpha value is -1.99. The fraction of sp³-hybridized carbons (Fsp3) is 0.667. The molecule has 7 heteroatoms. The highest BCUT2D eigenvalue weighted by Crippen LogP contribution is 2.25. The van der Waals surface area contributed by atoms with Gasteiger partial charge in [-0.1, -0.05) is 47.6 Å². The van der Waals surface area contributed by atoms with Gasteiger partial charge in [0.1, 0.15) is 23.6 Å². The molecule has 2 bridgehead atoms. The summed E-state index contributed by atoms with van der Waals surface area (Å²) in [6, 6.07) is 4.62. The maximum atomic E-state index is 12.6. The van der Waals surface area contributed by atoms with Crippen LogP contribution >= 0.6 is 0 Å². The molecule has 0 saturated carbocycles. The third kappa shape index (κ3) is 6.27. The molecule has 1 aliphatic heterocycles. The summed E-state index contributed by atoms with van der Waals surface area (Å²) in [4.78, 5) is 29.3. The summed E-state index contributed by atoms with van der Waals surface area (Å²) in [5.41, 5.74) is -0.527. The standard InChI is InChI=1S/C21H31NO6/c1-20(2,3)16-12-25-10-11-26-13-17(21(4,5)6)28-19(24)15-9-7-8-14(22-15)18(23)27-16/h7-9,16-17H,10-13H2,1-6H3/t16-,17?/m1/s1. The van der Waals surface area contributed by atoms with E-state index in [0.29, 0.717) is 13.2 Å². The Bertz CT molecular complexity index is 634. The fourth-order valence-corrected chi connectivity index (χ4v) is 2.46. The minimum atomic E-state index is -0.600. The molecular weight excluding hydrogens is 362 g/mol. The zero-order chi connectivity index (χ0) is 20.9. The molecular formula is C21H31NO6. The minimum absolute atomic E-state index is 0.0575. The number of nitrogens with zero attached hydrogens (tertiary/aromatic N) is 1. The molecule has 1 aliphatic rings. The van der Waals surface area contributed by atoms with Crippen LogP contribution in [-0.4, -0.2) is 55.6 Å². The van der Waals surface area contributed by atoms with Gasteiger partial charge in [0.2, 0.25) is 0 Å². The van der Waals surface area contributed by atoms with Gasteiger partial charge in [-0.2, -0.15) is 0 Å². The van der Waals surface area contributed by atoms with Gasteiger partial charge in [0.15, 0.2) is 0 Å². The second kappa shape index (κ2) is 9.01. The molecule has 1 unspecified atom stereocenters. The third-order valence-corrected chi connectivity index (χ3v) is 4.51. The van der Waals surface area contributed by atoms with Gasteiger partial charge < -0.3 is 18.9 Å². The molecule has 0 aliphatic carbocycles. The summed E-state index contributed by atoms with van der Waals surface area (Å²) >= 11 is 0. The number of cyclic esters (lactones) is 2. The molecule has 0 N–H and O–H groups in total. The molecule has 0 amide bonds. The van der Waals surface area contributed by atoms with Crippen LogP contribution in [0.3, 0.4) is 0 Å². The number of ether oxygens (including phenoxy) is 4. The summed E-state index contributed by atoms with van der Waals surface area (Å²) < 4.78 is 22.6. The summed E-state index contributed by atoms with van der Waals surface area (Å²) in [6.07, 6.45) is -0.935. The lowest BCUT2D eigenvalue weighted by Crippen LogP contribution is -2.36. The molecule has 2 atom stereocenters. The lowest BCUT2D eigenvalue weighted by molar-refractivity contribution is -0.0699. The van der Waals surface area contributed by atoms with Crippen LogP contribution in [0.1, 0.15) is 62.5 Å². The molecule has 0 radical (unpaired) electrons. The summed E-state index contributed by atoms with van der Waals surface area (Å²) in [5, 5.41) is 0. The molecule has 28 heavy (non-hydrogen) atoms. The maximum absolute atomic E-state index is 12.6. The first-order chi connectivity index (χ1) is 13.0. The average molecular weight is 393 g/mol. The van der Waals surface area contributed by atoms with Crippen molar-refractivity contribution >= 4 is 11.9 Å². The van der Waals surface area contributed by atoms with E-state index >= 15 is 0 Å². The molecule has 0 aromatic carbocycles. The van der Waals surface area contributed by atoms with E-state index in [0.717, 1.165) is 0 Å². The van der Waals surface area contributed by atoms with E-state index in [9.17, 15) is 9.59 Å². The molecule has 0 fully saturated rings. The van der Waals surface area contributed by atoms with Crippen molar-refractivity contribution in [1.29, 1.82) is 0 Å². The van der Waals surface area contributed by atoms with E-state index in [1.165, 1.54) is 12.1 Å². The number of fused-ring (bicyclic) bond motifs is 2. The van der Waals surface area contributed by atoms with Crippen LogP contribution in [-0.2, 0) is 18.9 Å². The zero-order valence-corrected chi connectivity index (χ0v) is 17.6. The Morgan fingerprint density at radius 3 is 1.54 bits per heavy atom. The lowest BCUT2D eigenvalue weighted by Gasteiger charge is -2.30. The number of hydrogen-bond acceptors (Lipinski definition) is 7. The van der Waals surface area contributed by atoms with Gasteiger partial charge in [-0.25, -0.2) is 14.6 Å². The lowest BCUT2D eigenvalue weighted by atomic mass is 9.89. The van der Waals surface area contributed by atoms with Crippen molar-refractivity contribution in [3.05, 3.63) is 29.6 Å². The Balaban J connectivity index is 2.30. The third-order valence-electron chi connectivity index (χ3n) is 4.51.